The van der Waals surface area contributed by atoms with Gasteiger partial charge < -0.3 is 9.67 Å². The molecule has 90 valence electrons. The van der Waals surface area contributed by atoms with E-state index in [2.05, 4.69) is 20.9 Å². The fourth-order valence-electron chi connectivity index (χ4n) is 1.97. The molecule has 1 unspecified atom stereocenters. The van der Waals surface area contributed by atoms with Crippen LogP contribution >= 0.6 is 15.9 Å². The lowest BCUT2D eigenvalue weighted by molar-refractivity contribution is 0.0874. The largest absolute Gasteiger partial charge is 0.377 e. The molecule has 0 aliphatic carbocycles. The Morgan fingerprint density at radius 3 is 2.76 bits per heavy atom. The lowest BCUT2D eigenvalue weighted by Crippen LogP contribution is -2.27. The molecule has 0 spiro atoms. The Hall–Kier alpha value is -1.13. The summed E-state index contributed by atoms with van der Waals surface area (Å²) in [5.41, 5.74) is -0.277. The van der Waals surface area contributed by atoms with Gasteiger partial charge in [0.05, 0.1) is 0 Å². The highest BCUT2D eigenvalue weighted by Gasteiger charge is 2.31. The first-order valence-electron chi connectivity index (χ1n) is 5.56. The quantitative estimate of drug-likeness (QED) is 0.945. The number of imidazole rings is 1. The van der Waals surface area contributed by atoms with Crippen LogP contribution in [0.4, 0.5) is 0 Å². The van der Waals surface area contributed by atoms with E-state index >= 15 is 0 Å². The molecule has 2 aromatic rings. The Morgan fingerprint density at radius 1 is 1.41 bits per heavy atom. The average molecular weight is 295 g/mol. The van der Waals surface area contributed by atoms with E-state index in [-0.39, 0.29) is 0 Å². The van der Waals surface area contributed by atoms with Gasteiger partial charge in [-0.3, -0.25) is 0 Å². The van der Waals surface area contributed by atoms with Crippen LogP contribution in [0.25, 0.3) is 0 Å². The summed E-state index contributed by atoms with van der Waals surface area (Å²) in [7, 11) is 0. The second-order valence-electron chi connectivity index (χ2n) is 4.09. The summed E-state index contributed by atoms with van der Waals surface area (Å²) in [5, 5.41) is 10.7. The maximum atomic E-state index is 10.7. The average Bonchev–Trinajstić information content (AvgIpc) is 2.78. The molecule has 1 heterocycles. The predicted octanol–water partition coefficient (Wildman–Crippen LogP) is 2.92. The normalized spacial score (nSPS) is 14.6. The molecule has 1 N–H and O–H groups in total. The number of hydrogen-bond donors (Lipinski definition) is 1. The number of hydrogen-bond acceptors (Lipinski definition) is 2. The number of benzene rings is 1. The van der Waals surface area contributed by atoms with E-state index in [4.69, 9.17) is 0 Å². The summed E-state index contributed by atoms with van der Waals surface area (Å²) in [6.07, 6.45) is 3.59. The van der Waals surface area contributed by atoms with Crippen molar-refractivity contribution in [2.45, 2.75) is 26.0 Å². The van der Waals surface area contributed by atoms with E-state index in [1.807, 2.05) is 42.0 Å². The molecule has 1 aromatic heterocycles. The highest BCUT2D eigenvalue weighted by atomic mass is 79.9. The first-order chi connectivity index (χ1) is 8.07. The monoisotopic (exact) mass is 294 g/mol. The number of rotatable bonds is 3. The molecule has 0 aliphatic heterocycles. The Kier molecular flexibility index (Phi) is 3.35. The van der Waals surface area contributed by atoms with Crippen LogP contribution in [0.2, 0.25) is 0 Å². The van der Waals surface area contributed by atoms with Crippen molar-refractivity contribution in [3.8, 4) is 0 Å². The fraction of sp³-hybridized carbons (Fsp3) is 0.308. The molecular weight excluding hydrogens is 280 g/mol. The van der Waals surface area contributed by atoms with Gasteiger partial charge in [0, 0.05) is 29.0 Å². The van der Waals surface area contributed by atoms with Crippen molar-refractivity contribution in [1.82, 2.24) is 9.55 Å². The zero-order valence-electron chi connectivity index (χ0n) is 9.89. The zero-order valence-corrected chi connectivity index (χ0v) is 11.5. The first-order valence-corrected chi connectivity index (χ1v) is 6.35. The molecule has 3 nitrogen and oxygen atoms in total. The van der Waals surface area contributed by atoms with Crippen molar-refractivity contribution in [1.29, 1.82) is 0 Å². The second-order valence-corrected chi connectivity index (χ2v) is 4.94. The topological polar surface area (TPSA) is 38.0 Å². The summed E-state index contributed by atoms with van der Waals surface area (Å²) in [4.78, 5) is 4.27. The minimum atomic E-state index is -1.10. The van der Waals surface area contributed by atoms with Gasteiger partial charge >= 0.3 is 0 Å². The van der Waals surface area contributed by atoms with Crippen molar-refractivity contribution in [3.63, 3.8) is 0 Å². The van der Waals surface area contributed by atoms with E-state index in [1.165, 1.54) is 0 Å². The maximum absolute atomic E-state index is 10.7. The molecule has 0 bridgehead atoms. The number of aliphatic hydroxyl groups is 1. The molecule has 0 radical (unpaired) electrons. The third-order valence-electron chi connectivity index (χ3n) is 2.89. The van der Waals surface area contributed by atoms with Gasteiger partial charge in [-0.05, 0) is 19.9 Å². The standard InChI is InChI=1S/C13H15BrN2O/c1-3-16-9-8-15-12(16)13(2,17)10-6-4-5-7-11(10)14/h4-9,17H,3H2,1-2H3. The van der Waals surface area contributed by atoms with E-state index in [0.29, 0.717) is 5.82 Å². The lowest BCUT2D eigenvalue weighted by atomic mass is 9.95. The molecule has 0 saturated carbocycles. The highest BCUT2D eigenvalue weighted by Crippen LogP contribution is 2.32. The molecule has 17 heavy (non-hydrogen) atoms. The maximum Gasteiger partial charge on any atom is 0.145 e. The predicted molar refractivity (Wildman–Crippen MR) is 70.7 cm³/mol. The van der Waals surface area contributed by atoms with Crippen LogP contribution in [0.3, 0.4) is 0 Å². The minimum Gasteiger partial charge on any atom is -0.377 e. The third-order valence-corrected chi connectivity index (χ3v) is 3.58. The molecule has 0 aliphatic rings. The van der Waals surface area contributed by atoms with Gasteiger partial charge in [-0.25, -0.2) is 4.98 Å². The Balaban J connectivity index is 2.53. The number of halogens is 1. The van der Waals surface area contributed by atoms with Gasteiger partial charge in [0.1, 0.15) is 11.4 Å². The van der Waals surface area contributed by atoms with Gasteiger partial charge in [0.2, 0.25) is 0 Å². The minimum absolute atomic E-state index is 0.659. The van der Waals surface area contributed by atoms with E-state index < -0.39 is 5.60 Å². The number of aryl methyl sites for hydroxylation is 1. The summed E-state index contributed by atoms with van der Waals surface area (Å²) in [6.45, 7) is 4.58. The number of aromatic nitrogens is 2. The Bertz CT molecular complexity index is 520. The summed E-state index contributed by atoms with van der Waals surface area (Å²) in [5.74, 6) is 0.659. The van der Waals surface area contributed by atoms with Crippen molar-refractivity contribution in [2.75, 3.05) is 0 Å². The van der Waals surface area contributed by atoms with E-state index in [9.17, 15) is 5.11 Å². The first kappa shape index (κ1) is 12.3. The van der Waals surface area contributed by atoms with Crippen molar-refractivity contribution < 1.29 is 5.11 Å². The van der Waals surface area contributed by atoms with Crippen LogP contribution < -0.4 is 0 Å². The van der Waals surface area contributed by atoms with Crippen LogP contribution in [0.1, 0.15) is 25.2 Å². The number of nitrogens with zero attached hydrogens (tertiary/aromatic N) is 2. The molecule has 4 heteroatoms. The zero-order chi connectivity index (χ0) is 12.5. The van der Waals surface area contributed by atoms with Gasteiger partial charge in [-0.15, -0.1) is 0 Å². The molecule has 2 rings (SSSR count). The van der Waals surface area contributed by atoms with Crippen LogP contribution in [0.15, 0.2) is 41.1 Å². The van der Waals surface area contributed by atoms with Gasteiger partial charge in [-0.2, -0.15) is 0 Å². The summed E-state index contributed by atoms with van der Waals surface area (Å²) < 4.78 is 2.83. The van der Waals surface area contributed by atoms with Crippen LogP contribution in [-0.2, 0) is 12.1 Å². The van der Waals surface area contributed by atoms with Crippen molar-refractivity contribution in [3.05, 3.63) is 52.5 Å². The van der Waals surface area contributed by atoms with E-state index in [0.717, 1.165) is 16.6 Å². The van der Waals surface area contributed by atoms with Crippen LogP contribution in [0.5, 0.6) is 0 Å². The SMILES string of the molecule is CCn1ccnc1C(C)(O)c1ccccc1Br. The van der Waals surface area contributed by atoms with E-state index in [1.54, 1.807) is 13.1 Å². The van der Waals surface area contributed by atoms with Crippen molar-refractivity contribution >= 4 is 15.9 Å². The highest BCUT2D eigenvalue weighted by molar-refractivity contribution is 9.10. The Labute approximate surface area is 109 Å². The van der Waals surface area contributed by atoms with Crippen LogP contribution in [-0.4, -0.2) is 14.7 Å². The van der Waals surface area contributed by atoms with Gasteiger partial charge in [-0.1, -0.05) is 34.1 Å². The molecule has 0 saturated heterocycles. The lowest BCUT2D eigenvalue weighted by Gasteiger charge is -2.25. The van der Waals surface area contributed by atoms with Gasteiger partial charge in [0.15, 0.2) is 0 Å². The third kappa shape index (κ3) is 2.15. The molecule has 0 amide bonds. The smallest absolute Gasteiger partial charge is 0.145 e. The Morgan fingerprint density at radius 2 is 2.12 bits per heavy atom. The summed E-state index contributed by atoms with van der Waals surface area (Å²) in [6, 6.07) is 7.66. The molecule has 1 atom stereocenters. The molecule has 0 fully saturated rings. The fourth-order valence-corrected chi connectivity index (χ4v) is 2.64. The van der Waals surface area contributed by atoms with Crippen LogP contribution in [0, 0.1) is 0 Å². The molecule has 1 aromatic carbocycles. The molecular formula is C13H15BrN2O. The second kappa shape index (κ2) is 4.63. The van der Waals surface area contributed by atoms with Crippen molar-refractivity contribution in [2.24, 2.45) is 0 Å². The summed E-state index contributed by atoms with van der Waals surface area (Å²) >= 11 is 3.47. The van der Waals surface area contributed by atoms with Gasteiger partial charge in [0.25, 0.3) is 0 Å².